The van der Waals surface area contributed by atoms with E-state index >= 15 is 0 Å². The van der Waals surface area contributed by atoms with Crippen LogP contribution in [0.3, 0.4) is 0 Å². The predicted octanol–water partition coefficient (Wildman–Crippen LogP) is 0.154. The first-order chi connectivity index (χ1) is 11.2. The maximum atomic E-state index is 12.8. The van der Waals surface area contributed by atoms with Gasteiger partial charge in [-0.2, -0.15) is 0 Å². The van der Waals surface area contributed by atoms with E-state index in [9.17, 15) is 9.59 Å². The van der Waals surface area contributed by atoms with E-state index in [-0.39, 0.29) is 36.4 Å². The molecule has 138 valence electrons. The first kappa shape index (κ1) is 19.4. The zero-order valence-electron chi connectivity index (χ0n) is 14.0. The van der Waals surface area contributed by atoms with E-state index in [1.54, 1.807) is 4.90 Å². The topological polar surface area (TPSA) is 85.1 Å². The number of hydrogen-bond acceptors (Lipinski definition) is 5. The maximum absolute atomic E-state index is 12.8. The van der Waals surface area contributed by atoms with Crippen molar-refractivity contribution in [3.05, 3.63) is 0 Å². The molecule has 7 nitrogen and oxygen atoms in total. The summed E-state index contributed by atoms with van der Waals surface area (Å²) < 4.78 is 11.0. The fourth-order valence-electron chi connectivity index (χ4n) is 3.69. The van der Waals surface area contributed by atoms with Crippen molar-refractivity contribution in [2.75, 3.05) is 39.4 Å². The van der Waals surface area contributed by atoms with Crippen molar-refractivity contribution in [2.24, 2.45) is 5.73 Å². The summed E-state index contributed by atoms with van der Waals surface area (Å²) in [5.41, 5.74) is 5.63. The van der Waals surface area contributed by atoms with Crippen LogP contribution >= 0.6 is 12.4 Å². The van der Waals surface area contributed by atoms with Crippen molar-refractivity contribution < 1.29 is 19.1 Å². The molecule has 24 heavy (non-hydrogen) atoms. The SMILES string of the molecule is Cl.NC[C@H]1CC[C@@H](C(=O)N2CCCCC2C(=O)N2CCOCC2)O1. The minimum absolute atomic E-state index is 0. The molecule has 3 rings (SSSR count). The van der Waals surface area contributed by atoms with E-state index in [0.717, 1.165) is 25.7 Å². The summed E-state index contributed by atoms with van der Waals surface area (Å²) in [5.74, 6) is 0.0296. The van der Waals surface area contributed by atoms with Crippen LogP contribution in [-0.2, 0) is 19.1 Å². The summed E-state index contributed by atoms with van der Waals surface area (Å²) in [6.45, 7) is 3.48. The Morgan fingerprint density at radius 3 is 2.42 bits per heavy atom. The molecule has 2 amide bonds. The number of morpholine rings is 1. The van der Waals surface area contributed by atoms with Gasteiger partial charge in [-0.25, -0.2) is 0 Å². The third kappa shape index (κ3) is 4.20. The first-order valence-electron chi connectivity index (χ1n) is 8.73. The number of piperidine rings is 1. The van der Waals surface area contributed by atoms with Crippen LogP contribution in [0, 0.1) is 0 Å². The number of halogens is 1. The van der Waals surface area contributed by atoms with Crippen LogP contribution < -0.4 is 5.73 Å². The second-order valence-electron chi connectivity index (χ2n) is 6.54. The lowest BCUT2D eigenvalue weighted by atomic mass is 9.99. The Kier molecular flexibility index (Phi) is 7.28. The van der Waals surface area contributed by atoms with Gasteiger partial charge in [-0.1, -0.05) is 0 Å². The highest BCUT2D eigenvalue weighted by Crippen LogP contribution is 2.26. The largest absolute Gasteiger partial charge is 0.378 e. The van der Waals surface area contributed by atoms with Crippen molar-refractivity contribution >= 4 is 24.2 Å². The van der Waals surface area contributed by atoms with Crippen LogP contribution in [0.25, 0.3) is 0 Å². The predicted molar refractivity (Wildman–Crippen MR) is 90.9 cm³/mol. The van der Waals surface area contributed by atoms with Gasteiger partial charge in [0.1, 0.15) is 12.1 Å². The van der Waals surface area contributed by atoms with Gasteiger partial charge in [-0.05, 0) is 32.1 Å². The van der Waals surface area contributed by atoms with E-state index in [2.05, 4.69) is 0 Å². The van der Waals surface area contributed by atoms with E-state index < -0.39 is 6.10 Å². The van der Waals surface area contributed by atoms with Gasteiger partial charge in [0.05, 0.1) is 19.3 Å². The zero-order chi connectivity index (χ0) is 16.2. The summed E-state index contributed by atoms with van der Waals surface area (Å²) in [6.07, 6.45) is 3.75. The standard InChI is InChI=1S/C16H27N3O4.ClH/c17-11-12-4-5-14(23-12)16(21)19-6-2-1-3-13(19)15(20)18-7-9-22-10-8-18;/h12-14H,1-11,17H2;1H/t12-,13?,14+;/m1./s1. The number of nitrogens with two attached hydrogens (primary N) is 1. The third-order valence-corrected chi connectivity index (χ3v) is 5.04. The fraction of sp³-hybridized carbons (Fsp3) is 0.875. The first-order valence-corrected chi connectivity index (χ1v) is 8.73. The molecule has 3 atom stereocenters. The molecule has 8 heteroatoms. The van der Waals surface area contributed by atoms with Crippen LogP contribution in [0.4, 0.5) is 0 Å². The van der Waals surface area contributed by atoms with Gasteiger partial charge in [0.25, 0.3) is 5.91 Å². The Labute approximate surface area is 149 Å². The van der Waals surface area contributed by atoms with Crippen molar-refractivity contribution in [1.82, 2.24) is 9.80 Å². The minimum atomic E-state index is -0.429. The zero-order valence-corrected chi connectivity index (χ0v) is 14.8. The summed E-state index contributed by atoms with van der Waals surface area (Å²) in [4.78, 5) is 29.2. The molecular weight excluding hydrogens is 334 g/mol. The number of ether oxygens (including phenoxy) is 2. The van der Waals surface area contributed by atoms with Gasteiger partial charge in [-0.3, -0.25) is 9.59 Å². The van der Waals surface area contributed by atoms with Gasteiger partial charge in [0.2, 0.25) is 5.91 Å². The summed E-state index contributed by atoms with van der Waals surface area (Å²) in [6, 6.07) is -0.338. The molecule has 0 aromatic rings. The van der Waals surface area contributed by atoms with Crippen molar-refractivity contribution in [3.8, 4) is 0 Å². The molecule has 3 aliphatic heterocycles. The lowest BCUT2D eigenvalue weighted by Crippen LogP contribution is -2.56. The number of amides is 2. The Bertz CT molecular complexity index is 445. The van der Waals surface area contributed by atoms with Gasteiger partial charge < -0.3 is 25.0 Å². The van der Waals surface area contributed by atoms with Crippen molar-refractivity contribution in [3.63, 3.8) is 0 Å². The third-order valence-electron chi connectivity index (χ3n) is 5.04. The Morgan fingerprint density at radius 1 is 1.00 bits per heavy atom. The molecule has 1 unspecified atom stereocenters. The van der Waals surface area contributed by atoms with E-state index in [0.29, 0.717) is 45.8 Å². The maximum Gasteiger partial charge on any atom is 0.252 e. The Morgan fingerprint density at radius 2 is 1.75 bits per heavy atom. The Hall–Kier alpha value is -0.890. The van der Waals surface area contributed by atoms with Crippen molar-refractivity contribution in [1.29, 1.82) is 0 Å². The van der Waals surface area contributed by atoms with Gasteiger partial charge in [0.15, 0.2) is 0 Å². The van der Waals surface area contributed by atoms with Crippen molar-refractivity contribution in [2.45, 2.75) is 50.4 Å². The summed E-state index contributed by atoms with van der Waals surface area (Å²) in [7, 11) is 0. The molecule has 0 radical (unpaired) electrons. The lowest BCUT2D eigenvalue weighted by Gasteiger charge is -2.39. The molecule has 2 N–H and O–H groups in total. The molecule has 0 aromatic heterocycles. The highest BCUT2D eigenvalue weighted by Gasteiger charge is 2.40. The molecule has 3 aliphatic rings. The smallest absolute Gasteiger partial charge is 0.252 e. The lowest BCUT2D eigenvalue weighted by molar-refractivity contribution is -0.156. The molecule has 0 spiro atoms. The number of nitrogens with zero attached hydrogens (tertiary/aromatic N) is 2. The molecular formula is C16H28ClN3O4. The number of hydrogen-bond donors (Lipinski definition) is 1. The normalized spacial score (nSPS) is 30.8. The van der Waals surface area contributed by atoms with Crippen LogP contribution in [0.15, 0.2) is 0 Å². The highest BCUT2D eigenvalue weighted by molar-refractivity contribution is 5.89. The minimum Gasteiger partial charge on any atom is -0.378 e. The van der Waals surface area contributed by atoms with E-state index in [1.165, 1.54) is 0 Å². The summed E-state index contributed by atoms with van der Waals surface area (Å²) >= 11 is 0. The summed E-state index contributed by atoms with van der Waals surface area (Å²) in [5, 5.41) is 0. The average Bonchev–Trinajstić information content (AvgIpc) is 3.10. The number of likely N-dealkylation sites (tertiary alicyclic amines) is 1. The number of rotatable bonds is 3. The second-order valence-corrected chi connectivity index (χ2v) is 6.54. The van der Waals surface area contributed by atoms with Crippen LogP contribution in [0.5, 0.6) is 0 Å². The molecule has 0 aliphatic carbocycles. The van der Waals surface area contributed by atoms with Gasteiger partial charge in [0, 0.05) is 26.2 Å². The molecule has 0 saturated carbocycles. The fourth-order valence-corrected chi connectivity index (χ4v) is 3.69. The average molecular weight is 362 g/mol. The van der Waals surface area contributed by atoms with E-state index in [1.807, 2.05) is 4.90 Å². The van der Waals surface area contributed by atoms with Crippen LogP contribution in [0.1, 0.15) is 32.1 Å². The van der Waals surface area contributed by atoms with E-state index in [4.69, 9.17) is 15.2 Å². The molecule has 0 aromatic carbocycles. The monoisotopic (exact) mass is 361 g/mol. The van der Waals surface area contributed by atoms with Gasteiger partial charge in [-0.15, -0.1) is 12.4 Å². The van der Waals surface area contributed by atoms with Crippen LogP contribution in [0.2, 0.25) is 0 Å². The quantitative estimate of drug-likeness (QED) is 0.773. The second kappa shape index (κ2) is 8.99. The van der Waals surface area contributed by atoms with Crippen LogP contribution in [-0.4, -0.2) is 79.3 Å². The highest BCUT2D eigenvalue weighted by atomic mass is 35.5. The molecule has 3 saturated heterocycles. The number of carbonyl (C=O) groups is 2. The Balaban J connectivity index is 0.00000208. The molecule has 0 bridgehead atoms. The number of carbonyl (C=O) groups excluding carboxylic acids is 2. The molecule has 3 heterocycles. The molecule has 3 fully saturated rings. The van der Waals surface area contributed by atoms with Gasteiger partial charge >= 0.3 is 0 Å².